The summed E-state index contributed by atoms with van der Waals surface area (Å²) in [6.07, 6.45) is 5.16. The normalized spacial score (nSPS) is 11.0. The average molecular weight is 299 g/mol. The number of hydrogen-bond donors (Lipinski definition) is 0. The first-order chi connectivity index (χ1) is 11.3. The Balaban J connectivity index is 1.87. The highest BCUT2D eigenvalue weighted by Crippen LogP contribution is 2.14. The maximum atomic E-state index is 12.3. The standard InChI is InChI=1S/C19H13N3O/c20-14-17(19(23)16-5-2-1-3-6-16)13-15-7-9-18(10-8-15)22-12-4-11-21-22/h1-13H/b17-13+. The number of ketones is 1. The maximum absolute atomic E-state index is 12.3. The predicted octanol–water partition coefficient (Wildman–Crippen LogP) is 3.66. The van der Waals surface area contributed by atoms with Gasteiger partial charge in [-0.1, -0.05) is 42.5 Å². The van der Waals surface area contributed by atoms with Gasteiger partial charge in [-0.3, -0.25) is 4.79 Å². The molecule has 4 heteroatoms. The molecule has 0 bridgehead atoms. The van der Waals surface area contributed by atoms with Crippen molar-refractivity contribution in [3.8, 4) is 11.8 Å². The third-order valence-corrected chi connectivity index (χ3v) is 3.37. The Morgan fingerprint density at radius 2 is 1.78 bits per heavy atom. The number of nitrogens with zero attached hydrogens (tertiary/aromatic N) is 3. The van der Waals surface area contributed by atoms with E-state index in [9.17, 15) is 10.1 Å². The summed E-state index contributed by atoms with van der Waals surface area (Å²) in [5, 5.41) is 13.4. The second-order valence-electron chi connectivity index (χ2n) is 4.91. The summed E-state index contributed by atoms with van der Waals surface area (Å²) in [6, 6.07) is 20.1. The molecule has 1 heterocycles. The monoisotopic (exact) mass is 299 g/mol. The number of carbonyl (C=O) groups is 1. The van der Waals surface area contributed by atoms with Gasteiger partial charge in [-0.2, -0.15) is 10.4 Å². The lowest BCUT2D eigenvalue weighted by Crippen LogP contribution is -2.01. The number of aromatic nitrogens is 2. The Morgan fingerprint density at radius 3 is 2.39 bits per heavy atom. The van der Waals surface area contributed by atoms with Crippen LogP contribution in [0.2, 0.25) is 0 Å². The van der Waals surface area contributed by atoms with E-state index in [0.717, 1.165) is 11.3 Å². The number of hydrogen-bond acceptors (Lipinski definition) is 3. The molecule has 0 aliphatic carbocycles. The molecular formula is C19H13N3O. The first-order valence-electron chi connectivity index (χ1n) is 7.09. The van der Waals surface area contributed by atoms with Gasteiger partial charge in [-0.25, -0.2) is 4.68 Å². The lowest BCUT2D eigenvalue weighted by atomic mass is 10.0. The van der Waals surface area contributed by atoms with Gasteiger partial charge < -0.3 is 0 Å². The highest BCUT2D eigenvalue weighted by atomic mass is 16.1. The quantitative estimate of drug-likeness (QED) is 0.419. The molecule has 0 saturated carbocycles. The third-order valence-electron chi connectivity index (χ3n) is 3.37. The van der Waals surface area contributed by atoms with Gasteiger partial charge in [0.05, 0.1) is 5.69 Å². The van der Waals surface area contributed by atoms with E-state index in [1.807, 2.05) is 48.7 Å². The molecule has 0 amide bonds. The molecule has 0 fully saturated rings. The molecule has 0 N–H and O–H groups in total. The minimum Gasteiger partial charge on any atom is -0.288 e. The summed E-state index contributed by atoms with van der Waals surface area (Å²) in [5.74, 6) is -0.274. The van der Waals surface area contributed by atoms with Crippen LogP contribution in [0, 0.1) is 11.3 Å². The second kappa shape index (κ2) is 6.54. The Morgan fingerprint density at radius 1 is 1.04 bits per heavy atom. The van der Waals surface area contributed by atoms with Crippen molar-refractivity contribution in [2.24, 2.45) is 0 Å². The van der Waals surface area contributed by atoms with Gasteiger partial charge in [0.2, 0.25) is 5.78 Å². The van der Waals surface area contributed by atoms with Gasteiger partial charge >= 0.3 is 0 Å². The van der Waals surface area contributed by atoms with E-state index in [2.05, 4.69) is 5.10 Å². The van der Waals surface area contributed by atoms with E-state index < -0.39 is 0 Å². The first kappa shape index (κ1) is 14.5. The first-order valence-corrected chi connectivity index (χ1v) is 7.09. The van der Waals surface area contributed by atoms with Crippen molar-refractivity contribution >= 4 is 11.9 Å². The van der Waals surface area contributed by atoms with Crippen LogP contribution in [0.25, 0.3) is 11.8 Å². The van der Waals surface area contributed by atoms with Crippen molar-refractivity contribution < 1.29 is 4.79 Å². The molecule has 1 aromatic heterocycles. The van der Waals surface area contributed by atoms with Crippen LogP contribution < -0.4 is 0 Å². The van der Waals surface area contributed by atoms with Crippen molar-refractivity contribution in [3.63, 3.8) is 0 Å². The number of nitriles is 1. The SMILES string of the molecule is N#C/C(=C\c1ccc(-n2cccn2)cc1)C(=O)c1ccccc1. The zero-order valence-electron chi connectivity index (χ0n) is 12.3. The number of rotatable bonds is 4. The molecule has 0 spiro atoms. The molecule has 0 unspecified atom stereocenters. The highest BCUT2D eigenvalue weighted by Gasteiger charge is 2.11. The van der Waals surface area contributed by atoms with Crippen LogP contribution in [-0.4, -0.2) is 15.6 Å². The van der Waals surface area contributed by atoms with Crippen LogP contribution in [0.3, 0.4) is 0 Å². The Kier molecular flexibility index (Phi) is 4.12. The van der Waals surface area contributed by atoms with Crippen molar-refractivity contribution in [1.82, 2.24) is 9.78 Å². The van der Waals surface area contributed by atoms with E-state index in [0.29, 0.717) is 5.56 Å². The van der Waals surface area contributed by atoms with E-state index in [4.69, 9.17) is 0 Å². The van der Waals surface area contributed by atoms with Gasteiger partial charge in [0, 0.05) is 18.0 Å². The molecule has 110 valence electrons. The minimum absolute atomic E-state index is 0.114. The van der Waals surface area contributed by atoms with Crippen molar-refractivity contribution in [1.29, 1.82) is 5.26 Å². The minimum atomic E-state index is -0.274. The van der Waals surface area contributed by atoms with Crippen molar-refractivity contribution in [2.45, 2.75) is 0 Å². The molecule has 0 atom stereocenters. The summed E-state index contributed by atoms with van der Waals surface area (Å²) in [6.45, 7) is 0. The maximum Gasteiger partial charge on any atom is 0.203 e. The summed E-state index contributed by atoms with van der Waals surface area (Å²) < 4.78 is 1.74. The zero-order valence-corrected chi connectivity index (χ0v) is 12.3. The van der Waals surface area contributed by atoms with Gasteiger partial charge in [0.15, 0.2) is 0 Å². The van der Waals surface area contributed by atoms with E-state index in [1.54, 1.807) is 41.2 Å². The highest BCUT2D eigenvalue weighted by molar-refractivity contribution is 6.14. The molecule has 3 aromatic rings. The Bertz CT molecular complexity index is 871. The molecule has 23 heavy (non-hydrogen) atoms. The Hall–Kier alpha value is -3.45. The fourth-order valence-electron chi connectivity index (χ4n) is 2.21. The lowest BCUT2D eigenvalue weighted by Gasteiger charge is -2.02. The largest absolute Gasteiger partial charge is 0.288 e. The molecule has 4 nitrogen and oxygen atoms in total. The third kappa shape index (κ3) is 3.25. The molecule has 0 radical (unpaired) electrons. The molecule has 2 aromatic carbocycles. The van der Waals surface area contributed by atoms with Crippen LogP contribution in [0.5, 0.6) is 0 Å². The molecule has 0 aliphatic heterocycles. The number of benzene rings is 2. The van der Waals surface area contributed by atoms with Crippen LogP contribution in [0.1, 0.15) is 15.9 Å². The average Bonchev–Trinajstić information content (AvgIpc) is 3.15. The van der Waals surface area contributed by atoms with Crippen molar-refractivity contribution in [2.75, 3.05) is 0 Å². The lowest BCUT2D eigenvalue weighted by molar-refractivity contribution is 0.104. The summed E-state index contributed by atoms with van der Waals surface area (Å²) in [7, 11) is 0. The van der Waals surface area contributed by atoms with Gasteiger partial charge in [0.25, 0.3) is 0 Å². The smallest absolute Gasteiger partial charge is 0.203 e. The number of Topliss-reactive ketones (excluding diaryl/α,β-unsaturated/α-hetero) is 1. The predicted molar refractivity (Wildman–Crippen MR) is 87.9 cm³/mol. The van der Waals surface area contributed by atoms with Crippen LogP contribution in [-0.2, 0) is 0 Å². The topological polar surface area (TPSA) is 58.7 Å². The van der Waals surface area contributed by atoms with Gasteiger partial charge in [-0.15, -0.1) is 0 Å². The van der Waals surface area contributed by atoms with E-state index in [-0.39, 0.29) is 11.4 Å². The Labute approximate surface area is 133 Å². The summed E-state index contributed by atoms with van der Waals surface area (Å²) in [4.78, 5) is 12.3. The molecule has 0 saturated heterocycles. The van der Waals surface area contributed by atoms with Crippen LogP contribution >= 0.6 is 0 Å². The fourth-order valence-corrected chi connectivity index (χ4v) is 2.21. The van der Waals surface area contributed by atoms with E-state index in [1.165, 1.54) is 0 Å². The van der Waals surface area contributed by atoms with Gasteiger partial charge in [0.1, 0.15) is 11.6 Å². The molecule has 0 aliphatic rings. The molecule has 3 rings (SSSR count). The van der Waals surface area contributed by atoms with Crippen LogP contribution in [0.15, 0.2) is 78.6 Å². The van der Waals surface area contributed by atoms with Crippen molar-refractivity contribution in [3.05, 3.63) is 89.8 Å². The van der Waals surface area contributed by atoms with E-state index >= 15 is 0 Å². The fraction of sp³-hybridized carbons (Fsp3) is 0. The molecular weight excluding hydrogens is 286 g/mol. The number of carbonyl (C=O) groups excluding carboxylic acids is 1. The van der Waals surface area contributed by atoms with Crippen LogP contribution in [0.4, 0.5) is 0 Å². The summed E-state index contributed by atoms with van der Waals surface area (Å²) >= 11 is 0. The van der Waals surface area contributed by atoms with Gasteiger partial charge in [-0.05, 0) is 29.8 Å². The summed E-state index contributed by atoms with van der Waals surface area (Å²) in [5.41, 5.74) is 2.33. The second-order valence-corrected chi connectivity index (χ2v) is 4.91. The zero-order chi connectivity index (χ0) is 16.1. The number of allylic oxidation sites excluding steroid dienone is 1.